The Labute approximate surface area is 278 Å². The first-order valence-corrected chi connectivity index (χ1v) is 16.4. The quantitative estimate of drug-likeness (QED) is 0.215. The monoisotopic (exact) mass is 666 g/mol. The number of carbonyl (C=O) groups excluding carboxylic acids is 3. The van der Waals surface area contributed by atoms with Crippen LogP contribution in [-0.2, 0) is 32.0 Å². The van der Waals surface area contributed by atoms with Crippen LogP contribution in [0.4, 0.5) is 10.8 Å². The van der Waals surface area contributed by atoms with E-state index in [4.69, 9.17) is 18.9 Å². The van der Waals surface area contributed by atoms with Gasteiger partial charge in [-0.25, -0.2) is 4.98 Å². The van der Waals surface area contributed by atoms with Crippen molar-refractivity contribution in [1.29, 1.82) is 0 Å². The highest BCUT2D eigenvalue weighted by Gasteiger charge is 2.30. The number of hydrogen-bond donors (Lipinski definition) is 3. The van der Waals surface area contributed by atoms with Crippen molar-refractivity contribution in [1.82, 2.24) is 10.3 Å². The van der Waals surface area contributed by atoms with Crippen LogP contribution in [0.3, 0.4) is 0 Å². The first-order chi connectivity index (χ1) is 22.5. The van der Waals surface area contributed by atoms with E-state index in [1.807, 2.05) is 19.9 Å². The van der Waals surface area contributed by atoms with Crippen molar-refractivity contribution < 1.29 is 33.3 Å². The number of nitrogens with zero attached hydrogens (tertiary/aromatic N) is 1. The van der Waals surface area contributed by atoms with Crippen molar-refractivity contribution in [3.05, 3.63) is 56.7 Å². The van der Waals surface area contributed by atoms with Crippen LogP contribution in [-0.4, -0.2) is 56.7 Å². The smallest absolute Gasteiger partial charge is 0.311 e. The third-order valence-corrected chi connectivity index (χ3v) is 8.94. The summed E-state index contributed by atoms with van der Waals surface area (Å²) < 4.78 is 22.1. The summed E-state index contributed by atoms with van der Waals surface area (Å²) in [5.74, 6) is 0.197. The molecule has 0 radical (unpaired) electrons. The van der Waals surface area contributed by atoms with Crippen LogP contribution in [0.2, 0.25) is 0 Å². The molecule has 0 spiro atoms. The van der Waals surface area contributed by atoms with E-state index < -0.39 is 18.1 Å². The van der Waals surface area contributed by atoms with Crippen molar-refractivity contribution >= 4 is 39.9 Å². The Kier molecular flexibility index (Phi) is 11.8. The van der Waals surface area contributed by atoms with E-state index >= 15 is 0 Å². The molecule has 0 aliphatic heterocycles. The number of fused-ring (bicyclic) bond motifs is 3. The Morgan fingerprint density at radius 2 is 1.81 bits per heavy atom. The number of aromatic nitrogens is 1. The van der Waals surface area contributed by atoms with Gasteiger partial charge >= 0.3 is 5.97 Å². The van der Waals surface area contributed by atoms with Gasteiger partial charge < -0.3 is 34.9 Å². The molecule has 252 valence electrons. The van der Waals surface area contributed by atoms with Gasteiger partial charge in [-0.05, 0) is 60.6 Å². The van der Waals surface area contributed by atoms with Crippen LogP contribution in [0.1, 0.15) is 63.4 Å². The Bertz CT molecular complexity index is 1690. The average molecular weight is 667 g/mol. The van der Waals surface area contributed by atoms with Crippen molar-refractivity contribution in [3.63, 3.8) is 0 Å². The number of anilines is 2. The molecule has 47 heavy (non-hydrogen) atoms. The van der Waals surface area contributed by atoms with Gasteiger partial charge in [0.15, 0.2) is 16.6 Å². The highest BCUT2D eigenvalue weighted by Crippen LogP contribution is 2.50. The Hall–Kier alpha value is -4.65. The number of carbonyl (C=O) groups is 3. The maximum Gasteiger partial charge on any atom is 0.311 e. The number of hydrogen-bond acceptors (Lipinski definition) is 11. The molecular weight excluding hydrogens is 624 g/mol. The normalized spacial score (nSPS) is 14.7. The highest BCUT2D eigenvalue weighted by molar-refractivity contribution is 7.14. The summed E-state index contributed by atoms with van der Waals surface area (Å²) in [6.45, 7) is 7.32. The molecule has 0 fully saturated rings. The summed E-state index contributed by atoms with van der Waals surface area (Å²) in [5, 5.41) is 11.1. The van der Waals surface area contributed by atoms with Crippen molar-refractivity contribution in [2.45, 2.75) is 65.5 Å². The lowest BCUT2D eigenvalue weighted by Gasteiger charge is -2.23. The molecule has 2 aromatic carbocycles. The summed E-state index contributed by atoms with van der Waals surface area (Å²) in [7, 11) is 4.62. The SMILES string of the molecule is CCOC(=O)Cc1csc(NC(=O)[C@H](Nc2ccc3c(cc2=O)[C@H](NC(C)=O)CCc2cc(OC)c(OC)c(OC)c2-3)[C@@H](C)CC)n1. The number of thiazole rings is 1. The third-order valence-electron chi connectivity index (χ3n) is 8.14. The predicted molar refractivity (Wildman–Crippen MR) is 181 cm³/mol. The lowest BCUT2D eigenvalue weighted by Crippen LogP contribution is -2.40. The molecule has 1 aliphatic rings. The maximum atomic E-state index is 13.9. The molecule has 3 N–H and O–H groups in total. The topological polar surface area (TPSA) is 154 Å². The lowest BCUT2D eigenvalue weighted by atomic mass is 9.95. The fourth-order valence-corrected chi connectivity index (χ4v) is 6.40. The summed E-state index contributed by atoms with van der Waals surface area (Å²) >= 11 is 1.20. The maximum absolute atomic E-state index is 13.9. The number of ether oxygens (including phenoxy) is 4. The molecule has 12 nitrogen and oxygen atoms in total. The van der Waals surface area contributed by atoms with Gasteiger partial charge in [0.1, 0.15) is 6.04 Å². The molecule has 0 saturated carbocycles. The van der Waals surface area contributed by atoms with Gasteiger partial charge in [0, 0.05) is 17.9 Å². The van der Waals surface area contributed by atoms with Crippen LogP contribution in [0.25, 0.3) is 11.1 Å². The number of benzene rings is 1. The molecule has 3 atom stereocenters. The van der Waals surface area contributed by atoms with E-state index in [0.717, 1.165) is 11.1 Å². The van der Waals surface area contributed by atoms with E-state index in [0.29, 0.717) is 58.5 Å². The molecule has 1 aromatic heterocycles. The first kappa shape index (κ1) is 35.2. The number of esters is 1. The van der Waals surface area contributed by atoms with E-state index in [2.05, 4.69) is 20.9 Å². The van der Waals surface area contributed by atoms with Crippen LogP contribution in [0.15, 0.2) is 34.4 Å². The van der Waals surface area contributed by atoms with Crippen LogP contribution in [0, 0.1) is 5.92 Å². The van der Waals surface area contributed by atoms with Crippen LogP contribution >= 0.6 is 11.3 Å². The number of aryl methyl sites for hydroxylation is 1. The molecule has 3 aromatic rings. The molecule has 0 unspecified atom stereocenters. The van der Waals surface area contributed by atoms with E-state index in [1.165, 1.54) is 31.4 Å². The summed E-state index contributed by atoms with van der Waals surface area (Å²) in [5.41, 5.74) is 3.29. The zero-order valence-corrected chi connectivity index (χ0v) is 28.6. The molecular formula is C34H42N4O8S. The summed E-state index contributed by atoms with van der Waals surface area (Å²) in [6.07, 6.45) is 1.75. The zero-order valence-electron chi connectivity index (χ0n) is 27.8. The van der Waals surface area contributed by atoms with Crippen molar-refractivity contribution in [3.8, 4) is 28.4 Å². The second-order valence-corrected chi connectivity index (χ2v) is 12.1. The van der Waals surface area contributed by atoms with Gasteiger partial charge in [-0.1, -0.05) is 26.3 Å². The number of nitrogens with one attached hydrogen (secondary N) is 3. The molecule has 2 amide bonds. The van der Waals surface area contributed by atoms with Gasteiger partial charge in [-0.2, -0.15) is 0 Å². The minimum atomic E-state index is -0.787. The Morgan fingerprint density at radius 1 is 1.06 bits per heavy atom. The third kappa shape index (κ3) is 8.02. The number of amides is 2. The molecule has 0 bridgehead atoms. The van der Waals surface area contributed by atoms with E-state index in [-0.39, 0.29) is 41.9 Å². The molecule has 0 saturated heterocycles. The first-order valence-electron chi connectivity index (χ1n) is 15.5. The summed E-state index contributed by atoms with van der Waals surface area (Å²) in [6, 6.07) is 5.61. The molecule has 4 rings (SSSR count). The van der Waals surface area contributed by atoms with Gasteiger partial charge in [0.25, 0.3) is 0 Å². The van der Waals surface area contributed by atoms with Crippen molar-refractivity contribution in [2.24, 2.45) is 5.92 Å². The highest BCUT2D eigenvalue weighted by atomic mass is 32.1. The average Bonchev–Trinajstić information content (AvgIpc) is 3.34. The minimum Gasteiger partial charge on any atom is -0.493 e. The minimum absolute atomic E-state index is 0.00399. The van der Waals surface area contributed by atoms with Gasteiger partial charge in [-0.15, -0.1) is 11.3 Å². The second-order valence-electron chi connectivity index (χ2n) is 11.2. The molecule has 13 heteroatoms. The largest absolute Gasteiger partial charge is 0.493 e. The molecule has 1 heterocycles. The lowest BCUT2D eigenvalue weighted by molar-refractivity contribution is -0.142. The Morgan fingerprint density at radius 3 is 2.45 bits per heavy atom. The van der Waals surface area contributed by atoms with Gasteiger partial charge in [-0.3, -0.25) is 19.2 Å². The predicted octanol–water partition coefficient (Wildman–Crippen LogP) is 4.89. The van der Waals surface area contributed by atoms with Gasteiger partial charge in [0.2, 0.25) is 23.0 Å². The standard InChI is InChI=1S/C34H42N4O8S/c1-8-18(3)30(33(42)38-34-36-21(17-47-34)15-28(41)46-9-2)37-25-13-11-22-23(16-26(25)40)24(35-19(4)39)12-10-20-14-27(43-5)31(44-6)32(45-7)29(20)22/h11,13-14,16-18,24,30H,8-10,12,15H2,1-7H3,(H,35,39)(H,37,40)(H,36,38,42)/t18-,24+,30+/m0/s1. The van der Waals surface area contributed by atoms with E-state index in [9.17, 15) is 19.2 Å². The van der Waals surface area contributed by atoms with E-state index in [1.54, 1.807) is 38.7 Å². The van der Waals surface area contributed by atoms with Crippen molar-refractivity contribution in [2.75, 3.05) is 38.6 Å². The zero-order chi connectivity index (χ0) is 34.2. The van der Waals surface area contributed by atoms with Gasteiger partial charge in [0.05, 0.1) is 51.8 Å². The Balaban J connectivity index is 1.76. The summed E-state index contributed by atoms with van der Waals surface area (Å²) in [4.78, 5) is 56.0. The van der Waals surface area contributed by atoms with Crippen LogP contribution in [0.5, 0.6) is 17.2 Å². The number of rotatable bonds is 13. The fraction of sp³-hybridized carbons (Fsp3) is 0.441. The fourth-order valence-electron chi connectivity index (χ4n) is 5.69. The molecule has 1 aliphatic carbocycles. The second kappa shape index (κ2) is 15.8. The number of methoxy groups -OCH3 is 3. The van der Waals surface area contributed by atoms with Crippen LogP contribution < -0.4 is 35.6 Å².